The Morgan fingerprint density at radius 3 is 2.69 bits per heavy atom. The fourth-order valence-electron chi connectivity index (χ4n) is 4.94. The second-order valence-electron chi connectivity index (χ2n) is 9.87. The zero-order chi connectivity index (χ0) is 22.5. The number of anilines is 1. The molecule has 32 heavy (non-hydrogen) atoms. The summed E-state index contributed by atoms with van der Waals surface area (Å²) in [6.07, 6.45) is 3.85. The molecule has 1 aromatic carbocycles. The average Bonchev–Trinajstić information content (AvgIpc) is 3.19. The van der Waals surface area contributed by atoms with Gasteiger partial charge in [0.15, 0.2) is 11.5 Å². The number of ether oxygens (including phenoxy) is 3. The van der Waals surface area contributed by atoms with E-state index in [9.17, 15) is 4.79 Å². The molecule has 3 heterocycles. The first-order chi connectivity index (χ1) is 15.3. The molecule has 1 fully saturated rings. The lowest BCUT2D eigenvalue weighted by molar-refractivity contribution is -0.00575. The van der Waals surface area contributed by atoms with E-state index in [0.717, 1.165) is 43.1 Å². The normalized spacial score (nSPS) is 25.9. The van der Waals surface area contributed by atoms with Crippen molar-refractivity contribution in [1.29, 1.82) is 0 Å². The molecule has 1 amide bonds. The summed E-state index contributed by atoms with van der Waals surface area (Å²) in [7, 11) is 0. The smallest absolute Gasteiger partial charge is 0.251 e. The van der Waals surface area contributed by atoms with E-state index >= 15 is 0 Å². The number of hydrogen-bond acceptors (Lipinski definition) is 7. The molecule has 0 radical (unpaired) electrons. The van der Waals surface area contributed by atoms with Crippen molar-refractivity contribution in [2.75, 3.05) is 24.8 Å². The molecular weight excluding hydrogens is 408 g/mol. The van der Waals surface area contributed by atoms with E-state index in [4.69, 9.17) is 19.2 Å². The summed E-state index contributed by atoms with van der Waals surface area (Å²) in [5.74, 6) is 1.86. The molecule has 1 N–H and O–H groups in total. The van der Waals surface area contributed by atoms with Gasteiger partial charge in [0.05, 0.1) is 23.9 Å². The van der Waals surface area contributed by atoms with Gasteiger partial charge in [-0.2, -0.15) is 0 Å². The van der Waals surface area contributed by atoms with Crippen LogP contribution in [0.25, 0.3) is 0 Å². The third kappa shape index (κ3) is 4.11. The molecule has 2 aliphatic heterocycles. The van der Waals surface area contributed by atoms with E-state index in [1.54, 1.807) is 18.2 Å². The maximum atomic E-state index is 13.0. The quantitative estimate of drug-likeness (QED) is 0.787. The summed E-state index contributed by atoms with van der Waals surface area (Å²) >= 11 is 0. The summed E-state index contributed by atoms with van der Waals surface area (Å²) in [4.78, 5) is 24.9. The topological polar surface area (TPSA) is 85.8 Å². The van der Waals surface area contributed by atoms with Gasteiger partial charge in [-0.05, 0) is 50.3 Å². The second kappa shape index (κ2) is 7.92. The van der Waals surface area contributed by atoms with Crippen LogP contribution < -0.4 is 19.7 Å². The number of morpholine rings is 1. The summed E-state index contributed by atoms with van der Waals surface area (Å²) in [6, 6.07) is 5.11. The van der Waals surface area contributed by atoms with Gasteiger partial charge in [-0.25, -0.2) is 9.97 Å². The van der Waals surface area contributed by atoms with E-state index in [0.29, 0.717) is 17.1 Å². The Kier molecular flexibility index (Phi) is 5.20. The van der Waals surface area contributed by atoms with Crippen LogP contribution in [0.15, 0.2) is 24.4 Å². The molecule has 1 saturated heterocycles. The van der Waals surface area contributed by atoms with Crippen LogP contribution >= 0.6 is 0 Å². The molecule has 0 unspecified atom stereocenters. The molecule has 3 aliphatic rings. The fraction of sp³-hybridized carbons (Fsp3) is 0.542. The van der Waals surface area contributed by atoms with E-state index in [-0.39, 0.29) is 36.4 Å². The van der Waals surface area contributed by atoms with E-state index in [2.05, 4.69) is 42.9 Å². The molecular formula is C24H30N4O4. The first kappa shape index (κ1) is 21.0. The van der Waals surface area contributed by atoms with Crippen molar-refractivity contribution in [3.8, 4) is 11.5 Å². The second-order valence-corrected chi connectivity index (χ2v) is 9.87. The van der Waals surface area contributed by atoms with Gasteiger partial charge < -0.3 is 24.4 Å². The highest BCUT2D eigenvalue weighted by atomic mass is 16.7. The Hall–Kier alpha value is -2.87. The Bertz CT molecular complexity index is 1030. The van der Waals surface area contributed by atoms with Gasteiger partial charge in [0.1, 0.15) is 0 Å². The summed E-state index contributed by atoms with van der Waals surface area (Å²) in [6.45, 7) is 10.3. The van der Waals surface area contributed by atoms with Gasteiger partial charge in [-0.1, -0.05) is 13.8 Å². The third-order valence-electron chi connectivity index (χ3n) is 6.31. The maximum Gasteiger partial charge on any atom is 0.251 e. The number of aromatic nitrogens is 2. The Balaban J connectivity index is 1.39. The van der Waals surface area contributed by atoms with Gasteiger partial charge >= 0.3 is 0 Å². The van der Waals surface area contributed by atoms with Crippen LogP contribution in [0.2, 0.25) is 0 Å². The van der Waals surface area contributed by atoms with Crippen LogP contribution in [0, 0.1) is 5.41 Å². The number of nitrogens with zero attached hydrogens (tertiary/aromatic N) is 3. The first-order valence-electron chi connectivity index (χ1n) is 11.2. The number of rotatable bonds is 3. The van der Waals surface area contributed by atoms with Crippen LogP contribution in [0.4, 0.5) is 5.95 Å². The van der Waals surface area contributed by atoms with Crippen LogP contribution in [-0.4, -0.2) is 48.0 Å². The minimum absolute atomic E-state index is 0.0110. The predicted molar refractivity (Wildman–Crippen MR) is 119 cm³/mol. The highest BCUT2D eigenvalue weighted by Gasteiger charge is 2.35. The zero-order valence-corrected chi connectivity index (χ0v) is 19.1. The number of amides is 1. The summed E-state index contributed by atoms with van der Waals surface area (Å²) in [5.41, 5.74) is 2.57. The van der Waals surface area contributed by atoms with Gasteiger partial charge in [-0.15, -0.1) is 0 Å². The van der Waals surface area contributed by atoms with Gasteiger partial charge in [0, 0.05) is 30.4 Å². The van der Waals surface area contributed by atoms with Crippen LogP contribution in [0.3, 0.4) is 0 Å². The average molecular weight is 439 g/mol. The maximum absolute atomic E-state index is 13.0. The number of fused-ring (bicyclic) bond motifs is 2. The Morgan fingerprint density at radius 1 is 1.16 bits per heavy atom. The van der Waals surface area contributed by atoms with Gasteiger partial charge in [0.2, 0.25) is 12.7 Å². The molecule has 0 spiro atoms. The van der Waals surface area contributed by atoms with Crippen molar-refractivity contribution in [1.82, 2.24) is 15.3 Å². The van der Waals surface area contributed by atoms with Crippen molar-refractivity contribution >= 4 is 11.9 Å². The lowest BCUT2D eigenvalue weighted by atomic mass is 9.74. The predicted octanol–water partition coefficient (Wildman–Crippen LogP) is 3.26. The standard InChI is InChI=1S/C24H30N4O4/c1-14-11-28(12-15(2)32-14)23-25-10-17-18(8-24(3,4)9-19(17)27-23)26-22(29)16-5-6-20-21(7-16)31-13-30-20/h5-7,10,14-15,18H,8-9,11-13H2,1-4H3,(H,26,29)/t14-,15+,18-/m1/s1. The SMILES string of the molecule is C[C@@H]1CN(c2ncc3c(n2)CC(C)(C)C[C@H]3NC(=O)c2ccc3c(c2)OCO3)C[C@H](C)O1. The fourth-order valence-corrected chi connectivity index (χ4v) is 4.94. The van der Waals surface area contributed by atoms with E-state index in [1.807, 2.05) is 6.20 Å². The third-order valence-corrected chi connectivity index (χ3v) is 6.31. The molecule has 170 valence electrons. The highest BCUT2D eigenvalue weighted by molar-refractivity contribution is 5.95. The van der Waals surface area contributed by atoms with E-state index < -0.39 is 0 Å². The van der Waals surface area contributed by atoms with Crippen molar-refractivity contribution in [2.24, 2.45) is 5.41 Å². The van der Waals surface area contributed by atoms with Crippen LogP contribution in [0.1, 0.15) is 61.8 Å². The van der Waals surface area contributed by atoms with Crippen LogP contribution in [0.5, 0.6) is 11.5 Å². The Labute approximate surface area is 188 Å². The molecule has 8 nitrogen and oxygen atoms in total. The van der Waals surface area contributed by atoms with Crippen LogP contribution in [-0.2, 0) is 11.2 Å². The monoisotopic (exact) mass is 438 g/mol. The molecule has 2 aromatic rings. The minimum atomic E-state index is -0.150. The molecule has 3 atom stereocenters. The number of nitrogens with one attached hydrogen (secondary N) is 1. The zero-order valence-electron chi connectivity index (χ0n) is 19.1. The molecule has 0 bridgehead atoms. The van der Waals surface area contributed by atoms with Crippen molar-refractivity contribution in [3.05, 3.63) is 41.2 Å². The number of carbonyl (C=O) groups is 1. The number of hydrogen-bond donors (Lipinski definition) is 1. The minimum Gasteiger partial charge on any atom is -0.454 e. The summed E-state index contributed by atoms with van der Waals surface area (Å²) < 4.78 is 16.6. The first-order valence-corrected chi connectivity index (χ1v) is 11.2. The van der Waals surface area contributed by atoms with Crippen molar-refractivity contribution in [3.63, 3.8) is 0 Å². The lowest BCUT2D eigenvalue weighted by Crippen LogP contribution is -2.46. The van der Waals surface area contributed by atoms with Crippen molar-refractivity contribution in [2.45, 2.75) is 58.8 Å². The largest absolute Gasteiger partial charge is 0.454 e. The lowest BCUT2D eigenvalue weighted by Gasteiger charge is -2.38. The molecule has 8 heteroatoms. The summed E-state index contributed by atoms with van der Waals surface area (Å²) in [5, 5.41) is 3.20. The molecule has 0 saturated carbocycles. The molecule has 1 aromatic heterocycles. The molecule has 5 rings (SSSR count). The highest BCUT2D eigenvalue weighted by Crippen LogP contribution is 2.40. The Morgan fingerprint density at radius 2 is 1.91 bits per heavy atom. The van der Waals surface area contributed by atoms with Crippen molar-refractivity contribution < 1.29 is 19.0 Å². The van der Waals surface area contributed by atoms with Gasteiger partial charge in [0.25, 0.3) is 5.91 Å². The van der Waals surface area contributed by atoms with Gasteiger partial charge in [-0.3, -0.25) is 4.79 Å². The number of benzene rings is 1. The van der Waals surface area contributed by atoms with E-state index in [1.165, 1.54) is 0 Å². The molecule has 1 aliphatic carbocycles. The number of carbonyl (C=O) groups excluding carboxylic acids is 1.